The molecule has 0 aliphatic carbocycles. The molecule has 1 aliphatic rings. The minimum atomic E-state index is -0.289. The van der Waals surface area contributed by atoms with Gasteiger partial charge in [-0.1, -0.05) is 40.2 Å². The topological polar surface area (TPSA) is 70.6 Å². The maximum absolute atomic E-state index is 12.2. The number of rotatable bonds is 2. The van der Waals surface area contributed by atoms with Crippen LogP contribution in [0.3, 0.4) is 0 Å². The van der Waals surface area contributed by atoms with Crippen LogP contribution in [0.1, 0.15) is 12.8 Å². The fraction of sp³-hybridized carbons (Fsp3) is 0.133. The molecule has 6 heteroatoms. The van der Waals surface area contributed by atoms with Crippen LogP contribution in [0.2, 0.25) is 0 Å². The Morgan fingerprint density at radius 2 is 1.90 bits per heavy atom. The van der Waals surface area contributed by atoms with Crippen LogP contribution in [0.5, 0.6) is 0 Å². The molecule has 2 aromatic rings. The van der Waals surface area contributed by atoms with Crippen molar-refractivity contribution in [2.45, 2.75) is 12.8 Å². The van der Waals surface area contributed by atoms with E-state index in [-0.39, 0.29) is 18.2 Å². The first-order chi connectivity index (χ1) is 10.1. The molecule has 0 saturated heterocycles. The summed E-state index contributed by atoms with van der Waals surface area (Å²) in [4.78, 5) is 23.2. The summed E-state index contributed by atoms with van der Waals surface area (Å²) in [6.45, 7) is 0. The smallest absolute Gasteiger partial charge is 0.271 e. The summed E-state index contributed by atoms with van der Waals surface area (Å²) in [5.41, 5.74) is 3.38. The van der Waals surface area contributed by atoms with E-state index in [1.807, 2.05) is 36.4 Å². The van der Waals surface area contributed by atoms with Crippen LogP contribution in [0.15, 0.2) is 46.0 Å². The van der Waals surface area contributed by atoms with Crippen molar-refractivity contribution in [1.29, 1.82) is 0 Å². The van der Waals surface area contributed by atoms with Crippen molar-refractivity contribution in [3.8, 4) is 0 Å². The predicted octanol–water partition coefficient (Wildman–Crippen LogP) is 2.81. The summed E-state index contributed by atoms with van der Waals surface area (Å²) in [6.07, 6.45) is 0.638. The lowest BCUT2D eigenvalue weighted by molar-refractivity contribution is -0.121. The van der Waals surface area contributed by atoms with E-state index < -0.39 is 0 Å². The first kappa shape index (κ1) is 13.8. The van der Waals surface area contributed by atoms with Gasteiger partial charge >= 0.3 is 0 Å². The van der Waals surface area contributed by atoms with E-state index in [1.54, 1.807) is 0 Å². The zero-order chi connectivity index (χ0) is 14.8. The van der Waals surface area contributed by atoms with Gasteiger partial charge in [-0.3, -0.25) is 9.59 Å². The highest BCUT2D eigenvalue weighted by molar-refractivity contribution is 9.10. The Bertz CT molecular complexity index is 771. The minimum absolute atomic E-state index is 0.166. The Kier molecular flexibility index (Phi) is 3.70. The summed E-state index contributed by atoms with van der Waals surface area (Å²) in [5, 5.41) is 8.62. The molecule has 0 radical (unpaired) electrons. The molecule has 2 N–H and O–H groups in total. The molecular weight excluding hydrogens is 334 g/mol. The maximum Gasteiger partial charge on any atom is 0.271 e. The van der Waals surface area contributed by atoms with Crippen molar-refractivity contribution >= 4 is 49.9 Å². The van der Waals surface area contributed by atoms with Gasteiger partial charge in [0.25, 0.3) is 5.91 Å². The first-order valence-corrected chi connectivity index (χ1v) is 7.28. The number of hydrogen-bond donors (Lipinski definition) is 2. The molecule has 5 nitrogen and oxygen atoms in total. The summed E-state index contributed by atoms with van der Waals surface area (Å²) in [6, 6.07) is 11.5. The van der Waals surface area contributed by atoms with Crippen LogP contribution in [0.25, 0.3) is 10.8 Å². The maximum atomic E-state index is 12.2. The second kappa shape index (κ2) is 5.65. The highest BCUT2D eigenvalue weighted by Gasteiger charge is 2.19. The molecular formula is C15H12BrN3O2. The summed E-state index contributed by atoms with van der Waals surface area (Å²) in [7, 11) is 0. The Balaban J connectivity index is 1.90. The van der Waals surface area contributed by atoms with Crippen molar-refractivity contribution in [3.63, 3.8) is 0 Å². The van der Waals surface area contributed by atoms with E-state index in [2.05, 4.69) is 31.8 Å². The summed E-state index contributed by atoms with van der Waals surface area (Å²) < 4.78 is 0.971. The molecule has 0 aromatic heterocycles. The molecule has 0 saturated carbocycles. The van der Waals surface area contributed by atoms with Gasteiger partial charge in [-0.15, -0.1) is 0 Å². The van der Waals surface area contributed by atoms with Crippen molar-refractivity contribution in [2.24, 2.45) is 5.10 Å². The van der Waals surface area contributed by atoms with E-state index >= 15 is 0 Å². The van der Waals surface area contributed by atoms with Gasteiger partial charge in [-0.25, -0.2) is 5.43 Å². The second-order valence-electron chi connectivity index (χ2n) is 4.69. The average Bonchev–Trinajstić information content (AvgIpc) is 2.51. The highest BCUT2D eigenvalue weighted by atomic mass is 79.9. The van der Waals surface area contributed by atoms with Gasteiger partial charge in [0.05, 0.1) is 0 Å². The highest BCUT2D eigenvalue weighted by Crippen LogP contribution is 2.30. The zero-order valence-corrected chi connectivity index (χ0v) is 12.6. The Hall–Kier alpha value is -2.21. The van der Waals surface area contributed by atoms with Gasteiger partial charge in [0, 0.05) is 28.4 Å². The lowest BCUT2D eigenvalue weighted by Crippen LogP contribution is -2.32. The van der Waals surface area contributed by atoms with Crippen molar-refractivity contribution < 1.29 is 9.59 Å². The molecule has 0 atom stereocenters. The van der Waals surface area contributed by atoms with E-state index in [0.29, 0.717) is 12.1 Å². The van der Waals surface area contributed by atoms with Crippen LogP contribution < -0.4 is 10.7 Å². The van der Waals surface area contributed by atoms with Crippen molar-refractivity contribution in [2.75, 3.05) is 5.32 Å². The van der Waals surface area contributed by atoms with E-state index in [0.717, 1.165) is 20.9 Å². The van der Waals surface area contributed by atoms with E-state index in [9.17, 15) is 9.59 Å². The van der Waals surface area contributed by atoms with Crippen LogP contribution in [-0.2, 0) is 9.59 Å². The number of anilines is 1. The molecule has 21 heavy (non-hydrogen) atoms. The molecule has 1 aliphatic heterocycles. The van der Waals surface area contributed by atoms with Crippen LogP contribution in [-0.4, -0.2) is 17.5 Å². The van der Waals surface area contributed by atoms with Crippen molar-refractivity contribution in [3.05, 3.63) is 40.9 Å². The van der Waals surface area contributed by atoms with Crippen LogP contribution in [0.4, 0.5) is 5.69 Å². The normalized spacial score (nSPS) is 14.5. The number of amides is 2. The second-order valence-corrected chi connectivity index (χ2v) is 5.54. The number of benzene rings is 2. The van der Waals surface area contributed by atoms with Gasteiger partial charge < -0.3 is 5.32 Å². The van der Waals surface area contributed by atoms with Crippen LogP contribution >= 0.6 is 15.9 Å². The number of carbonyl (C=O) groups excluding carboxylic acids is 2. The molecule has 0 unspecified atom stereocenters. The van der Waals surface area contributed by atoms with Crippen LogP contribution in [0, 0.1) is 0 Å². The Morgan fingerprint density at radius 3 is 2.62 bits per heavy atom. The molecule has 2 aromatic carbocycles. The molecule has 0 spiro atoms. The Morgan fingerprint density at radius 1 is 1.14 bits per heavy atom. The standard InChI is InChI=1S/C15H12BrN3O2/c16-11-5-6-12(10-4-2-1-3-9(10)11)17-15(21)13-7-8-14(20)19-18-13/h1-6H,7-8H2,(H,17,21)(H,19,20). The number of hydrogen-bond acceptors (Lipinski definition) is 3. The van der Waals surface area contributed by atoms with Crippen molar-refractivity contribution in [1.82, 2.24) is 5.43 Å². The molecule has 0 bridgehead atoms. The number of carbonyl (C=O) groups is 2. The molecule has 2 amide bonds. The summed E-state index contributed by atoms with van der Waals surface area (Å²) >= 11 is 3.50. The largest absolute Gasteiger partial charge is 0.320 e. The number of nitrogens with one attached hydrogen (secondary N) is 2. The fourth-order valence-corrected chi connectivity index (χ4v) is 2.68. The first-order valence-electron chi connectivity index (χ1n) is 6.49. The molecule has 0 fully saturated rings. The third-order valence-corrected chi connectivity index (χ3v) is 3.98. The van der Waals surface area contributed by atoms with E-state index in [4.69, 9.17) is 0 Å². The molecule has 106 valence electrons. The summed E-state index contributed by atoms with van der Waals surface area (Å²) in [5.74, 6) is -0.455. The SMILES string of the molecule is O=C1CCC(C(=O)Nc2ccc(Br)c3ccccc23)=NN1. The molecule has 1 heterocycles. The zero-order valence-electron chi connectivity index (χ0n) is 11.0. The predicted molar refractivity (Wildman–Crippen MR) is 85.1 cm³/mol. The van der Waals surface area contributed by atoms with Gasteiger partial charge in [0.15, 0.2) is 0 Å². The van der Waals surface area contributed by atoms with Gasteiger partial charge in [0.1, 0.15) is 5.71 Å². The monoisotopic (exact) mass is 345 g/mol. The number of nitrogens with zero attached hydrogens (tertiary/aromatic N) is 1. The van der Waals surface area contributed by atoms with Gasteiger partial charge in [-0.2, -0.15) is 5.10 Å². The van der Waals surface area contributed by atoms with Gasteiger partial charge in [0.2, 0.25) is 5.91 Å². The fourth-order valence-electron chi connectivity index (χ4n) is 2.20. The lowest BCUT2D eigenvalue weighted by Gasteiger charge is -2.13. The number of fused-ring (bicyclic) bond motifs is 1. The third kappa shape index (κ3) is 2.80. The number of halogens is 1. The average molecular weight is 346 g/mol. The molecule has 3 rings (SSSR count). The third-order valence-electron chi connectivity index (χ3n) is 3.29. The van der Waals surface area contributed by atoms with Gasteiger partial charge in [-0.05, 0) is 17.5 Å². The quantitative estimate of drug-likeness (QED) is 0.878. The lowest BCUT2D eigenvalue weighted by atomic mass is 10.1. The minimum Gasteiger partial charge on any atom is -0.320 e. The Labute approximate surface area is 129 Å². The van der Waals surface area contributed by atoms with E-state index in [1.165, 1.54) is 0 Å². The number of hydrazone groups is 1.